The molecule has 1 aromatic rings. The fourth-order valence-corrected chi connectivity index (χ4v) is 2.65. The summed E-state index contributed by atoms with van der Waals surface area (Å²) >= 11 is 0. The minimum Gasteiger partial charge on any atom is -0.395 e. The van der Waals surface area contributed by atoms with Crippen molar-refractivity contribution >= 4 is 5.82 Å². The lowest BCUT2D eigenvalue weighted by Gasteiger charge is -2.36. The predicted octanol–water partition coefficient (Wildman–Crippen LogP) is -0.698. The predicted molar refractivity (Wildman–Crippen MR) is 71.6 cm³/mol. The molecule has 0 atom stereocenters. The van der Waals surface area contributed by atoms with Crippen LogP contribution in [0.15, 0.2) is 0 Å². The molecule has 1 fully saturated rings. The maximum Gasteiger partial charge on any atom is 0.131 e. The minimum atomic E-state index is 0.235. The van der Waals surface area contributed by atoms with E-state index in [1.807, 2.05) is 18.7 Å². The number of piperazine rings is 1. The molecule has 0 spiro atoms. The first kappa shape index (κ1) is 13.3. The monoisotopic (exact) mass is 253 g/mol. The maximum absolute atomic E-state index is 8.95. The van der Waals surface area contributed by atoms with Gasteiger partial charge in [-0.05, 0) is 6.92 Å². The normalized spacial score (nSPS) is 17.4. The van der Waals surface area contributed by atoms with Crippen molar-refractivity contribution in [3.05, 3.63) is 11.3 Å². The van der Waals surface area contributed by atoms with Crippen LogP contribution in [0.4, 0.5) is 5.82 Å². The van der Waals surface area contributed by atoms with Gasteiger partial charge in [-0.1, -0.05) is 0 Å². The first-order valence-electron chi connectivity index (χ1n) is 6.48. The Hall–Kier alpha value is -1.11. The highest BCUT2D eigenvalue weighted by molar-refractivity contribution is 5.50. The lowest BCUT2D eigenvalue weighted by Crippen LogP contribution is -2.48. The molecule has 6 nitrogen and oxygen atoms in total. The molecule has 1 saturated heterocycles. The van der Waals surface area contributed by atoms with E-state index >= 15 is 0 Å². The Labute approximate surface area is 108 Å². The Morgan fingerprint density at radius 3 is 2.50 bits per heavy atom. The number of aryl methyl sites for hydroxylation is 2. The molecular formula is C12H23N5O. The Bertz CT molecular complexity index is 395. The van der Waals surface area contributed by atoms with Gasteiger partial charge < -0.3 is 15.7 Å². The van der Waals surface area contributed by atoms with Crippen molar-refractivity contribution < 1.29 is 5.11 Å². The standard InChI is InChI=1S/C12H23N5O/c1-10-11(9-13)12(15(2)14-10)17-5-3-16(4-6-17)7-8-18/h18H,3-9,13H2,1-2H3. The number of anilines is 1. The van der Waals surface area contributed by atoms with Gasteiger partial charge in [0.05, 0.1) is 12.3 Å². The molecule has 0 unspecified atom stereocenters. The second-order valence-electron chi connectivity index (χ2n) is 4.77. The molecule has 2 rings (SSSR count). The average Bonchev–Trinajstić information content (AvgIpc) is 2.65. The molecule has 0 bridgehead atoms. The SMILES string of the molecule is Cc1nn(C)c(N2CCN(CCO)CC2)c1CN. The Kier molecular flexibility index (Phi) is 4.21. The molecule has 102 valence electrons. The Balaban J connectivity index is 2.09. The number of aromatic nitrogens is 2. The number of rotatable bonds is 4. The lowest BCUT2D eigenvalue weighted by atomic mass is 10.2. The van der Waals surface area contributed by atoms with E-state index in [1.165, 1.54) is 0 Å². The number of β-amino-alcohol motifs (C(OH)–C–C–N with tert-alkyl or cyclic N) is 1. The topological polar surface area (TPSA) is 70.5 Å². The molecule has 3 N–H and O–H groups in total. The van der Waals surface area contributed by atoms with Gasteiger partial charge in [-0.2, -0.15) is 5.10 Å². The van der Waals surface area contributed by atoms with Crippen molar-refractivity contribution in [2.75, 3.05) is 44.2 Å². The molecule has 18 heavy (non-hydrogen) atoms. The van der Waals surface area contributed by atoms with Gasteiger partial charge >= 0.3 is 0 Å². The highest BCUT2D eigenvalue weighted by Gasteiger charge is 2.22. The van der Waals surface area contributed by atoms with Crippen molar-refractivity contribution in [2.24, 2.45) is 12.8 Å². The van der Waals surface area contributed by atoms with Crippen LogP contribution < -0.4 is 10.6 Å². The van der Waals surface area contributed by atoms with E-state index in [4.69, 9.17) is 10.8 Å². The Morgan fingerprint density at radius 2 is 1.94 bits per heavy atom. The first-order valence-corrected chi connectivity index (χ1v) is 6.48. The molecule has 0 amide bonds. The van der Waals surface area contributed by atoms with Gasteiger partial charge in [0.15, 0.2) is 0 Å². The summed E-state index contributed by atoms with van der Waals surface area (Å²) in [6.45, 7) is 7.43. The van der Waals surface area contributed by atoms with Crippen LogP contribution in [0.1, 0.15) is 11.3 Å². The van der Waals surface area contributed by atoms with Crippen molar-refractivity contribution in [1.82, 2.24) is 14.7 Å². The van der Waals surface area contributed by atoms with Gasteiger partial charge in [-0.3, -0.25) is 9.58 Å². The number of hydrogen-bond acceptors (Lipinski definition) is 5. The molecule has 1 aliphatic rings. The third-order valence-corrected chi connectivity index (χ3v) is 3.61. The summed E-state index contributed by atoms with van der Waals surface area (Å²) in [5.74, 6) is 1.15. The molecule has 6 heteroatoms. The third-order valence-electron chi connectivity index (χ3n) is 3.61. The third kappa shape index (κ3) is 2.50. The summed E-state index contributed by atoms with van der Waals surface area (Å²) in [6, 6.07) is 0. The maximum atomic E-state index is 8.95. The molecule has 1 aliphatic heterocycles. The minimum absolute atomic E-state index is 0.235. The fourth-order valence-electron chi connectivity index (χ4n) is 2.65. The van der Waals surface area contributed by atoms with Crippen LogP contribution in [0.25, 0.3) is 0 Å². The van der Waals surface area contributed by atoms with Gasteiger partial charge in [-0.15, -0.1) is 0 Å². The van der Waals surface area contributed by atoms with Crippen molar-refractivity contribution in [2.45, 2.75) is 13.5 Å². The summed E-state index contributed by atoms with van der Waals surface area (Å²) in [5.41, 5.74) is 7.99. The van der Waals surface area contributed by atoms with Crippen molar-refractivity contribution in [3.63, 3.8) is 0 Å². The zero-order valence-corrected chi connectivity index (χ0v) is 11.3. The quantitative estimate of drug-likeness (QED) is 0.742. The smallest absolute Gasteiger partial charge is 0.131 e. The highest BCUT2D eigenvalue weighted by Crippen LogP contribution is 2.23. The molecule has 1 aromatic heterocycles. The van der Waals surface area contributed by atoms with Gasteiger partial charge in [0, 0.05) is 51.9 Å². The zero-order valence-electron chi connectivity index (χ0n) is 11.3. The number of aliphatic hydroxyl groups excluding tert-OH is 1. The number of aliphatic hydroxyl groups is 1. The molecule has 0 aromatic carbocycles. The van der Waals surface area contributed by atoms with Crippen molar-refractivity contribution in [1.29, 1.82) is 0 Å². The van der Waals surface area contributed by atoms with E-state index < -0.39 is 0 Å². The van der Waals surface area contributed by atoms with E-state index in [0.29, 0.717) is 6.54 Å². The van der Waals surface area contributed by atoms with Gasteiger partial charge in [0.25, 0.3) is 0 Å². The van der Waals surface area contributed by atoms with Crippen LogP contribution in [-0.4, -0.2) is 59.1 Å². The largest absolute Gasteiger partial charge is 0.395 e. The van der Waals surface area contributed by atoms with Crippen LogP contribution >= 0.6 is 0 Å². The van der Waals surface area contributed by atoms with E-state index in [-0.39, 0.29) is 6.61 Å². The molecule has 0 saturated carbocycles. The molecule has 0 radical (unpaired) electrons. The van der Waals surface area contributed by atoms with Gasteiger partial charge in [0.1, 0.15) is 5.82 Å². The van der Waals surface area contributed by atoms with Gasteiger partial charge in [0.2, 0.25) is 0 Å². The van der Waals surface area contributed by atoms with Crippen LogP contribution in [0.5, 0.6) is 0 Å². The van der Waals surface area contributed by atoms with Crippen LogP contribution in [0.3, 0.4) is 0 Å². The number of nitrogens with two attached hydrogens (primary N) is 1. The summed E-state index contributed by atoms with van der Waals surface area (Å²) in [6.07, 6.45) is 0. The second kappa shape index (κ2) is 5.69. The number of nitrogens with zero attached hydrogens (tertiary/aromatic N) is 4. The molecular weight excluding hydrogens is 230 g/mol. The second-order valence-corrected chi connectivity index (χ2v) is 4.77. The lowest BCUT2D eigenvalue weighted by molar-refractivity contribution is 0.188. The fraction of sp³-hybridized carbons (Fsp3) is 0.750. The van der Waals surface area contributed by atoms with E-state index in [0.717, 1.165) is 49.8 Å². The number of hydrogen-bond donors (Lipinski definition) is 2. The summed E-state index contributed by atoms with van der Waals surface area (Å²) in [4.78, 5) is 4.62. The van der Waals surface area contributed by atoms with Gasteiger partial charge in [-0.25, -0.2) is 0 Å². The Morgan fingerprint density at radius 1 is 1.28 bits per heavy atom. The van der Waals surface area contributed by atoms with Crippen LogP contribution in [0.2, 0.25) is 0 Å². The van der Waals surface area contributed by atoms with E-state index in [1.54, 1.807) is 0 Å². The van der Waals surface area contributed by atoms with E-state index in [9.17, 15) is 0 Å². The van der Waals surface area contributed by atoms with Crippen LogP contribution in [-0.2, 0) is 13.6 Å². The first-order chi connectivity index (χ1) is 8.67. The highest BCUT2D eigenvalue weighted by atomic mass is 16.3. The van der Waals surface area contributed by atoms with E-state index in [2.05, 4.69) is 14.9 Å². The molecule has 0 aliphatic carbocycles. The van der Waals surface area contributed by atoms with Crippen molar-refractivity contribution in [3.8, 4) is 0 Å². The average molecular weight is 253 g/mol. The molecule has 2 heterocycles. The zero-order chi connectivity index (χ0) is 13.1. The summed E-state index contributed by atoms with van der Waals surface area (Å²) in [5, 5.41) is 13.4. The van der Waals surface area contributed by atoms with Crippen LogP contribution in [0, 0.1) is 6.92 Å². The summed E-state index contributed by atoms with van der Waals surface area (Å²) < 4.78 is 1.93. The summed E-state index contributed by atoms with van der Waals surface area (Å²) in [7, 11) is 1.97.